The third-order valence-corrected chi connectivity index (χ3v) is 1.82. The van der Waals surface area contributed by atoms with Gasteiger partial charge in [-0.05, 0) is 19.3 Å². The van der Waals surface area contributed by atoms with Gasteiger partial charge in [0.15, 0.2) is 0 Å². The Bertz CT molecular complexity index is 125. The number of hydrogen-bond donors (Lipinski definition) is 1. The van der Waals surface area contributed by atoms with Crippen LogP contribution in [0.1, 0.15) is 6.92 Å². The minimum absolute atomic E-state index is 0.0958. The molecule has 1 unspecified atom stereocenters. The molecule has 0 heterocycles. The molecule has 0 aromatic heterocycles. The second-order valence-electron chi connectivity index (χ2n) is 2.07. The molecule has 0 aliphatic rings. The van der Waals surface area contributed by atoms with Gasteiger partial charge in [-0.2, -0.15) is 11.8 Å². The van der Waals surface area contributed by atoms with Crippen LogP contribution in [0.3, 0.4) is 0 Å². The second kappa shape index (κ2) is 5.35. The van der Waals surface area contributed by atoms with Crippen LogP contribution in [-0.2, 0) is 4.79 Å². The van der Waals surface area contributed by atoms with E-state index in [1.807, 2.05) is 13.2 Å². The molecule has 0 aromatic carbocycles. The van der Waals surface area contributed by atoms with E-state index in [-0.39, 0.29) is 11.9 Å². The predicted molar refractivity (Wildman–Crippen MR) is 46.2 cm³/mol. The summed E-state index contributed by atoms with van der Waals surface area (Å²) in [6.07, 6.45) is 3.30. The Morgan fingerprint density at radius 1 is 1.90 bits per heavy atom. The van der Waals surface area contributed by atoms with E-state index in [2.05, 4.69) is 11.9 Å². The van der Waals surface area contributed by atoms with Gasteiger partial charge in [0.1, 0.15) is 0 Å². The first-order valence-electron chi connectivity index (χ1n) is 3.12. The molecule has 0 fully saturated rings. The van der Waals surface area contributed by atoms with Crippen molar-refractivity contribution >= 4 is 17.7 Å². The summed E-state index contributed by atoms with van der Waals surface area (Å²) in [7, 11) is 0. The van der Waals surface area contributed by atoms with Crippen molar-refractivity contribution in [3.05, 3.63) is 12.7 Å². The molecule has 10 heavy (non-hydrogen) atoms. The first-order chi connectivity index (χ1) is 4.70. The van der Waals surface area contributed by atoms with E-state index in [9.17, 15) is 4.79 Å². The van der Waals surface area contributed by atoms with E-state index in [1.165, 1.54) is 6.08 Å². The van der Waals surface area contributed by atoms with E-state index in [1.54, 1.807) is 11.8 Å². The van der Waals surface area contributed by atoms with E-state index in [4.69, 9.17) is 0 Å². The van der Waals surface area contributed by atoms with Crippen LogP contribution in [0.25, 0.3) is 0 Å². The fourth-order valence-corrected chi connectivity index (χ4v) is 1.18. The zero-order valence-corrected chi connectivity index (χ0v) is 7.20. The molecule has 1 amide bonds. The fraction of sp³-hybridized carbons (Fsp3) is 0.571. The summed E-state index contributed by atoms with van der Waals surface area (Å²) in [4.78, 5) is 10.7. The van der Waals surface area contributed by atoms with Crippen molar-refractivity contribution in [1.29, 1.82) is 0 Å². The van der Waals surface area contributed by atoms with E-state index >= 15 is 0 Å². The largest absolute Gasteiger partial charge is 0.349 e. The van der Waals surface area contributed by atoms with Crippen molar-refractivity contribution in [2.45, 2.75) is 13.0 Å². The van der Waals surface area contributed by atoms with Crippen molar-refractivity contribution in [3.63, 3.8) is 0 Å². The molecule has 0 aliphatic carbocycles. The number of amides is 1. The first-order valence-corrected chi connectivity index (χ1v) is 4.52. The highest BCUT2D eigenvalue weighted by Gasteiger charge is 2.01. The number of nitrogens with one attached hydrogen (secondary N) is 1. The van der Waals surface area contributed by atoms with Crippen LogP contribution in [0.5, 0.6) is 0 Å². The Morgan fingerprint density at radius 2 is 2.50 bits per heavy atom. The number of hydrogen-bond acceptors (Lipinski definition) is 2. The minimum Gasteiger partial charge on any atom is -0.349 e. The monoisotopic (exact) mass is 159 g/mol. The first kappa shape index (κ1) is 9.56. The molecular weight excluding hydrogens is 146 g/mol. The second-order valence-corrected chi connectivity index (χ2v) is 2.98. The maximum Gasteiger partial charge on any atom is 0.243 e. The smallest absolute Gasteiger partial charge is 0.243 e. The molecule has 0 bridgehead atoms. The predicted octanol–water partition coefficient (Wildman–Crippen LogP) is 1.04. The number of carbonyl (C=O) groups excluding carboxylic acids is 1. The maximum atomic E-state index is 10.7. The van der Waals surface area contributed by atoms with Gasteiger partial charge < -0.3 is 5.32 Å². The minimum atomic E-state index is -0.0958. The van der Waals surface area contributed by atoms with Gasteiger partial charge in [0.25, 0.3) is 0 Å². The molecule has 0 aliphatic heterocycles. The number of carbonyl (C=O) groups is 1. The van der Waals surface area contributed by atoms with Crippen LogP contribution < -0.4 is 5.32 Å². The highest BCUT2D eigenvalue weighted by Crippen LogP contribution is 1.95. The molecule has 0 saturated heterocycles. The fourth-order valence-electron chi connectivity index (χ4n) is 0.593. The lowest BCUT2D eigenvalue weighted by molar-refractivity contribution is -0.116. The van der Waals surface area contributed by atoms with Gasteiger partial charge in [-0.1, -0.05) is 6.58 Å². The lowest BCUT2D eigenvalue weighted by Gasteiger charge is -2.09. The Labute approximate surface area is 66.1 Å². The molecule has 0 saturated carbocycles. The number of rotatable bonds is 4. The zero-order valence-electron chi connectivity index (χ0n) is 6.39. The van der Waals surface area contributed by atoms with Crippen molar-refractivity contribution in [1.82, 2.24) is 5.32 Å². The molecule has 2 nitrogen and oxygen atoms in total. The van der Waals surface area contributed by atoms with Gasteiger partial charge in [0, 0.05) is 11.8 Å². The van der Waals surface area contributed by atoms with Crippen LogP contribution >= 0.6 is 11.8 Å². The average Bonchev–Trinajstić information content (AvgIpc) is 1.88. The molecular formula is C7H13NOS. The van der Waals surface area contributed by atoms with Crippen molar-refractivity contribution < 1.29 is 4.79 Å². The summed E-state index contributed by atoms with van der Waals surface area (Å²) in [6, 6.07) is 0.237. The quantitative estimate of drug-likeness (QED) is 0.621. The van der Waals surface area contributed by atoms with E-state index in [0.29, 0.717) is 0 Å². The van der Waals surface area contributed by atoms with Crippen LogP contribution in [0.15, 0.2) is 12.7 Å². The van der Waals surface area contributed by atoms with Crippen molar-refractivity contribution in [2.24, 2.45) is 0 Å². The third kappa shape index (κ3) is 4.44. The molecule has 0 aromatic rings. The van der Waals surface area contributed by atoms with Gasteiger partial charge in [-0.25, -0.2) is 0 Å². The third-order valence-electron chi connectivity index (χ3n) is 0.991. The standard InChI is InChI=1S/C7H13NOS/c1-4-7(9)8-6(2)5-10-3/h4,6H,1,5H2,2-3H3,(H,8,9). The SMILES string of the molecule is C=CC(=O)NC(C)CSC. The Kier molecular flexibility index (Phi) is 5.12. The summed E-state index contributed by atoms with van der Waals surface area (Å²) in [5, 5.41) is 2.75. The van der Waals surface area contributed by atoms with E-state index < -0.39 is 0 Å². The summed E-state index contributed by atoms with van der Waals surface area (Å²) >= 11 is 1.71. The van der Waals surface area contributed by atoms with Gasteiger partial charge in [-0.3, -0.25) is 4.79 Å². The zero-order chi connectivity index (χ0) is 7.98. The normalized spacial score (nSPS) is 12.2. The van der Waals surface area contributed by atoms with Crippen molar-refractivity contribution in [3.8, 4) is 0 Å². The Morgan fingerprint density at radius 3 is 2.90 bits per heavy atom. The molecule has 1 atom stereocenters. The Balaban J connectivity index is 3.46. The maximum absolute atomic E-state index is 10.7. The summed E-state index contributed by atoms with van der Waals surface area (Å²) in [5.74, 6) is 0.848. The summed E-state index contributed by atoms with van der Waals surface area (Å²) in [6.45, 7) is 5.33. The lowest BCUT2D eigenvalue weighted by Crippen LogP contribution is -2.32. The van der Waals surface area contributed by atoms with Gasteiger partial charge in [-0.15, -0.1) is 0 Å². The van der Waals surface area contributed by atoms with Crippen LogP contribution in [0.2, 0.25) is 0 Å². The van der Waals surface area contributed by atoms with Gasteiger partial charge in [0.2, 0.25) is 5.91 Å². The number of thioether (sulfide) groups is 1. The molecule has 0 spiro atoms. The van der Waals surface area contributed by atoms with Gasteiger partial charge >= 0.3 is 0 Å². The molecule has 58 valence electrons. The van der Waals surface area contributed by atoms with Crippen LogP contribution in [0.4, 0.5) is 0 Å². The van der Waals surface area contributed by atoms with E-state index in [0.717, 1.165) is 5.75 Å². The molecule has 3 heteroatoms. The lowest BCUT2D eigenvalue weighted by atomic mass is 10.4. The molecule has 1 N–H and O–H groups in total. The molecule has 0 radical (unpaired) electrons. The van der Waals surface area contributed by atoms with Crippen LogP contribution in [-0.4, -0.2) is 24.0 Å². The van der Waals surface area contributed by atoms with Crippen molar-refractivity contribution in [2.75, 3.05) is 12.0 Å². The topological polar surface area (TPSA) is 29.1 Å². The average molecular weight is 159 g/mol. The highest BCUT2D eigenvalue weighted by atomic mass is 32.2. The highest BCUT2D eigenvalue weighted by molar-refractivity contribution is 7.98. The Hall–Kier alpha value is -0.440. The molecule has 0 rings (SSSR count). The van der Waals surface area contributed by atoms with Crippen LogP contribution in [0, 0.1) is 0 Å². The van der Waals surface area contributed by atoms with Gasteiger partial charge in [0.05, 0.1) is 0 Å². The summed E-state index contributed by atoms with van der Waals surface area (Å²) < 4.78 is 0. The summed E-state index contributed by atoms with van der Waals surface area (Å²) in [5.41, 5.74) is 0.